The Morgan fingerprint density at radius 3 is 2.67 bits per heavy atom. The van der Waals surface area contributed by atoms with Gasteiger partial charge in [-0.2, -0.15) is 13.2 Å². The molecule has 0 bridgehead atoms. The molecule has 4 atom stereocenters. The number of esters is 1. The van der Waals surface area contributed by atoms with Crippen LogP contribution in [0.3, 0.4) is 0 Å². The van der Waals surface area contributed by atoms with Crippen LogP contribution in [0.4, 0.5) is 13.2 Å². The van der Waals surface area contributed by atoms with Crippen LogP contribution in [0.25, 0.3) is 11.3 Å². The number of rotatable bonds is 4. The van der Waals surface area contributed by atoms with E-state index in [0.717, 1.165) is 12.1 Å². The molecule has 15 heteroatoms. The molecule has 5 rings (SSSR count). The molecule has 36 heavy (non-hydrogen) atoms. The van der Waals surface area contributed by atoms with E-state index in [9.17, 15) is 33.3 Å². The first kappa shape index (κ1) is 23.9. The van der Waals surface area contributed by atoms with Crippen LogP contribution in [-0.4, -0.2) is 80.6 Å². The fourth-order valence-corrected chi connectivity index (χ4v) is 4.97. The summed E-state index contributed by atoms with van der Waals surface area (Å²) in [6.45, 7) is -0.805. The number of benzene rings is 1. The van der Waals surface area contributed by atoms with Crippen molar-refractivity contribution in [2.75, 3.05) is 13.2 Å². The van der Waals surface area contributed by atoms with Crippen LogP contribution in [0.15, 0.2) is 45.8 Å². The summed E-state index contributed by atoms with van der Waals surface area (Å²) in [7, 11) is 0. The van der Waals surface area contributed by atoms with E-state index in [0.29, 0.717) is 0 Å². The number of aliphatic hydroxyl groups is 3. The number of alkyl halides is 3. The molecule has 0 unspecified atom stereocenters. The largest absolute Gasteiger partial charge is 0.449 e. The maximum atomic E-state index is 13.4. The lowest BCUT2D eigenvalue weighted by Gasteiger charge is -2.42. The van der Waals surface area contributed by atoms with Crippen molar-refractivity contribution in [3.63, 3.8) is 0 Å². The van der Waals surface area contributed by atoms with E-state index in [1.165, 1.54) is 28.8 Å². The van der Waals surface area contributed by atoms with Crippen LogP contribution in [0.1, 0.15) is 16.1 Å². The molecule has 1 fully saturated rings. The van der Waals surface area contributed by atoms with Crippen molar-refractivity contribution >= 4 is 17.9 Å². The van der Waals surface area contributed by atoms with Gasteiger partial charge in [-0.05, 0) is 18.2 Å². The summed E-state index contributed by atoms with van der Waals surface area (Å²) in [5.41, 5.74) is 8.73. The Labute approximate surface area is 200 Å². The van der Waals surface area contributed by atoms with E-state index in [1.54, 1.807) is 0 Å². The number of hydrogen-bond acceptors (Lipinski definition) is 11. The summed E-state index contributed by atoms with van der Waals surface area (Å²) in [5.74, 6) is -4.89. The fraction of sp³-hybridized carbons (Fsp3) is 0.381. The number of aliphatic imine (C=N–C) groups is 1. The average molecular weight is 511 g/mol. The van der Waals surface area contributed by atoms with Gasteiger partial charge in [0.1, 0.15) is 18.3 Å². The topological polar surface area (TPSA) is 192 Å². The summed E-state index contributed by atoms with van der Waals surface area (Å²) in [4.78, 5) is 17.0. The molecule has 0 radical (unpaired) electrons. The maximum absolute atomic E-state index is 13.4. The van der Waals surface area contributed by atoms with Gasteiger partial charge in [0.25, 0.3) is 5.79 Å². The van der Waals surface area contributed by atoms with Crippen molar-refractivity contribution in [2.45, 2.75) is 35.8 Å². The summed E-state index contributed by atoms with van der Waals surface area (Å²) in [6.07, 6.45) is -6.29. The Balaban J connectivity index is 1.43. The number of guanidine groups is 2. The van der Waals surface area contributed by atoms with Gasteiger partial charge < -0.3 is 35.5 Å². The molecule has 1 aromatic carbocycles. The molecule has 2 aromatic rings. The van der Waals surface area contributed by atoms with Gasteiger partial charge in [0.05, 0.1) is 12.2 Å². The lowest BCUT2D eigenvalue weighted by atomic mass is 9.86. The van der Waals surface area contributed by atoms with E-state index in [2.05, 4.69) is 15.6 Å². The van der Waals surface area contributed by atoms with Gasteiger partial charge in [0, 0.05) is 5.56 Å². The molecule has 1 saturated heterocycles. The minimum absolute atomic E-state index is 0.0576. The Morgan fingerprint density at radius 1 is 1.25 bits per heavy atom. The van der Waals surface area contributed by atoms with E-state index >= 15 is 0 Å². The summed E-state index contributed by atoms with van der Waals surface area (Å²) in [5, 5.41) is 37.6. The monoisotopic (exact) mass is 511 g/mol. The van der Waals surface area contributed by atoms with Gasteiger partial charge in [0.15, 0.2) is 18.1 Å². The predicted octanol–water partition coefficient (Wildman–Crippen LogP) is -1.54. The molecule has 1 spiro atoms. The van der Waals surface area contributed by atoms with Gasteiger partial charge in [-0.25, -0.2) is 14.4 Å². The lowest BCUT2D eigenvalue weighted by molar-refractivity contribution is -0.623. The zero-order valence-corrected chi connectivity index (χ0v) is 18.4. The highest BCUT2D eigenvalue weighted by Crippen LogP contribution is 2.43. The quantitative estimate of drug-likeness (QED) is 0.144. The number of nitrogens with zero attached hydrogens (tertiary/aromatic N) is 2. The molecule has 0 aliphatic carbocycles. The Morgan fingerprint density at radius 2 is 1.97 bits per heavy atom. The van der Waals surface area contributed by atoms with Crippen molar-refractivity contribution in [2.24, 2.45) is 16.5 Å². The minimum Gasteiger partial charge on any atom is -0.449 e. The molecule has 9 N–H and O–H groups in total. The highest BCUT2D eigenvalue weighted by molar-refractivity contribution is 5.88. The zero-order valence-electron chi connectivity index (χ0n) is 18.4. The zero-order chi connectivity index (χ0) is 26.0. The number of nitrogens with two attached hydrogens (primary N) is 2. The van der Waals surface area contributed by atoms with Crippen molar-refractivity contribution < 1.29 is 47.0 Å². The van der Waals surface area contributed by atoms with Crippen LogP contribution >= 0.6 is 0 Å². The smallest absolute Gasteiger partial charge is 0.417 e. The number of carbonyl (C=O) groups excluding carboxylic acids is 1. The lowest BCUT2D eigenvalue weighted by Crippen LogP contribution is -2.78. The molecule has 0 amide bonds. The Hall–Kier alpha value is -3.82. The van der Waals surface area contributed by atoms with Crippen LogP contribution in [0, 0.1) is 0 Å². The molecular formula is C21H22F3N6O6+. The van der Waals surface area contributed by atoms with Crippen molar-refractivity contribution in [1.29, 1.82) is 0 Å². The van der Waals surface area contributed by atoms with Gasteiger partial charge in [-0.1, -0.05) is 18.2 Å². The maximum Gasteiger partial charge on any atom is 0.417 e. The SMILES string of the molecule is NC1=N[C@H]2[C@H](CO)NC(N)=[N+]3C[C@H](OC(=O)c4ccc(-c5ccccc5C(F)(F)F)o4)C(O)(O)[C@]23N1. The third-order valence-electron chi connectivity index (χ3n) is 6.57. The van der Waals surface area contributed by atoms with Gasteiger partial charge in [-0.15, -0.1) is 0 Å². The first-order valence-electron chi connectivity index (χ1n) is 10.7. The number of halogens is 3. The highest BCUT2D eigenvalue weighted by Gasteiger charge is 2.76. The number of hydrogen-bond donors (Lipinski definition) is 7. The van der Waals surface area contributed by atoms with Crippen LogP contribution in [0.5, 0.6) is 0 Å². The summed E-state index contributed by atoms with van der Waals surface area (Å²) in [6, 6.07) is 5.09. The molecule has 0 saturated carbocycles. The second-order valence-electron chi connectivity index (χ2n) is 8.61. The van der Waals surface area contributed by atoms with Crippen LogP contribution in [0.2, 0.25) is 0 Å². The second kappa shape index (κ2) is 7.84. The second-order valence-corrected chi connectivity index (χ2v) is 8.61. The third kappa shape index (κ3) is 3.30. The first-order chi connectivity index (χ1) is 16.9. The standard InChI is InChI=1S/C21H21F3N6O6/c22-21(23,24)10-4-2-1-3-9(10)12-5-6-13(35-12)16(32)36-14-7-30-18(26)27-11(8-31)15-19(30,20(14,33)34)29-17(25)28-15/h1-6,11,14-15,31,33-34H,7-8H2,(H5,25,26,27,28,29)/p+1/t11-,14-,15-,19-/m0/s1. The number of furan rings is 1. The summed E-state index contributed by atoms with van der Waals surface area (Å²) >= 11 is 0. The van der Waals surface area contributed by atoms with E-state index in [-0.39, 0.29) is 29.8 Å². The molecule has 192 valence electrons. The number of carbonyl (C=O) groups is 1. The van der Waals surface area contributed by atoms with E-state index in [1.807, 2.05) is 0 Å². The van der Waals surface area contributed by atoms with E-state index < -0.39 is 59.7 Å². The minimum atomic E-state index is -4.66. The Kier molecular flexibility index (Phi) is 5.21. The van der Waals surface area contributed by atoms with Gasteiger partial charge in [0.2, 0.25) is 11.4 Å². The normalized spacial score (nSPS) is 28.6. The Bertz CT molecular complexity index is 1290. The van der Waals surface area contributed by atoms with Crippen molar-refractivity contribution in [3.8, 4) is 11.3 Å². The van der Waals surface area contributed by atoms with Crippen molar-refractivity contribution in [1.82, 2.24) is 10.6 Å². The number of nitrogens with one attached hydrogen (secondary N) is 2. The van der Waals surface area contributed by atoms with Gasteiger partial charge >= 0.3 is 18.1 Å². The van der Waals surface area contributed by atoms with E-state index in [4.69, 9.17) is 20.6 Å². The predicted molar refractivity (Wildman–Crippen MR) is 115 cm³/mol. The average Bonchev–Trinajstić information content (AvgIpc) is 3.49. The third-order valence-corrected chi connectivity index (χ3v) is 6.57. The number of aliphatic hydroxyl groups excluding tert-OH is 1. The molecule has 3 aliphatic heterocycles. The van der Waals surface area contributed by atoms with Crippen LogP contribution in [-0.2, 0) is 10.9 Å². The molecular weight excluding hydrogens is 489 g/mol. The molecule has 12 nitrogen and oxygen atoms in total. The van der Waals surface area contributed by atoms with Gasteiger partial charge in [-0.3, -0.25) is 11.1 Å². The molecule has 3 aliphatic rings. The first-order valence-corrected chi connectivity index (χ1v) is 10.7. The molecule has 4 heterocycles. The molecule has 1 aromatic heterocycles. The van der Waals surface area contributed by atoms with Crippen molar-refractivity contribution in [3.05, 3.63) is 47.7 Å². The number of ether oxygens (including phenoxy) is 1. The van der Waals surface area contributed by atoms with Crippen LogP contribution < -0.4 is 22.1 Å². The highest BCUT2D eigenvalue weighted by atomic mass is 19.4. The summed E-state index contributed by atoms with van der Waals surface area (Å²) < 4.78 is 52.0. The fourth-order valence-electron chi connectivity index (χ4n) is 4.97.